The molecule has 1 aliphatic rings. The van der Waals surface area contributed by atoms with Gasteiger partial charge in [0.2, 0.25) is 5.91 Å². The van der Waals surface area contributed by atoms with Crippen molar-refractivity contribution in [2.45, 2.75) is 26.2 Å². The predicted molar refractivity (Wildman–Crippen MR) is 68.4 cm³/mol. The number of carbonyl (C=O) groups is 2. The molecule has 2 unspecified atom stereocenters. The largest absolute Gasteiger partial charge is 0.481 e. The van der Waals surface area contributed by atoms with E-state index >= 15 is 0 Å². The molecule has 1 amide bonds. The minimum Gasteiger partial charge on any atom is -0.481 e. The predicted octanol–water partition coefficient (Wildman–Crippen LogP) is 2.47. The van der Waals surface area contributed by atoms with Crippen LogP contribution >= 0.6 is 0 Å². The molecule has 0 saturated heterocycles. The summed E-state index contributed by atoms with van der Waals surface area (Å²) in [7, 11) is 0. The van der Waals surface area contributed by atoms with Crippen LogP contribution in [0.5, 0.6) is 0 Å². The molecule has 1 saturated carbocycles. The van der Waals surface area contributed by atoms with Gasteiger partial charge in [-0.2, -0.15) is 0 Å². The van der Waals surface area contributed by atoms with Crippen molar-refractivity contribution in [3.05, 3.63) is 29.8 Å². The van der Waals surface area contributed by atoms with Crippen molar-refractivity contribution >= 4 is 17.6 Å². The second kappa shape index (κ2) is 4.80. The third kappa shape index (κ3) is 2.70. The van der Waals surface area contributed by atoms with Gasteiger partial charge in [0.05, 0.1) is 11.8 Å². The number of carboxylic acids is 1. The van der Waals surface area contributed by atoms with E-state index in [-0.39, 0.29) is 11.8 Å². The van der Waals surface area contributed by atoms with Crippen LogP contribution in [0.15, 0.2) is 24.3 Å². The molecule has 0 spiro atoms. The quantitative estimate of drug-likeness (QED) is 0.859. The maximum atomic E-state index is 11.8. The molecule has 0 aliphatic heterocycles. The molecule has 1 aliphatic carbocycles. The summed E-state index contributed by atoms with van der Waals surface area (Å²) in [6.45, 7) is 4.17. The van der Waals surface area contributed by atoms with Gasteiger partial charge < -0.3 is 10.4 Å². The lowest BCUT2D eigenvalue weighted by Crippen LogP contribution is -2.16. The van der Waals surface area contributed by atoms with E-state index in [1.165, 1.54) is 0 Å². The Morgan fingerprint density at radius 3 is 2.61 bits per heavy atom. The van der Waals surface area contributed by atoms with Gasteiger partial charge >= 0.3 is 5.97 Å². The van der Waals surface area contributed by atoms with Crippen LogP contribution in [-0.4, -0.2) is 17.0 Å². The van der Waals surface area contributed by atoms with Crippen molar-refractivity contribution in [2.75, 3.05) is 5.32 Å². The van der Waals surface area contributed by atoms with Gasteiger partial charge in [-0.05, 0) is 30.0 Å². The lowest BCUT2D eigenvalue weighted by molar-refractivity contribution is -0.139. The summed E-state index contributed by atoms with van der Waals surface area (Å²) >= 11 is 0. The van der Waals surface area contributed by atoms with Crippen molar-refractivity contribution in [1.29, 1.82) is 0 Å². The number of benzene rings is 1. The number of carboxylic acid groups (broad SMARTS) is 1. The second-order valence-electron chi connectivity index (χ2n) is 5.06. The van der Waals surface area contributed by atoms with E-state index in [0.717, 1.165) is 11.3 Å². The van der Waals surface area contributed by atoms with Gasteiger partial charge in [0, 0.05) is 5.69 Å². The van der Waals surface area contributed by atoms with Crippen LogP contribution < -0.4 is 5.32 Å². The summed E-state index contributed by atoms with van der Waals surface area (Å²) in [6, 6.07) is 7.66. The van der Waals surface area contributed by atoms with Crippen LogP contribution in [0.4, 0.5) is 5.69 Å². The van der Waals surface area contributed by atoms with Crippen LogP contribution in [0.3, 0.4) is 0 Å². The molecule has 2 N–H and O–H groups in total. The fourth-order valence-corrected chi connectivity index (χ4v) is 1.97. The SMILES string of the molecule is CC(C)c1cccc(NC(=O)C2CC2C(=O)O)c1. The van der Waals surface area contributed by atoms with Crippen molar-refractivity contribution in [3.8, 4) is 0 Å². The molecule has 0 radical (unpaired) electrons. The minimum absolute atomic E-state index is 0.191. The molecule has 96 valence electrons. The molecular weight excluding hydrogens is 230 g/mol. The van der Waals surface area contributed by atoms with E-state index in [1.807, 2.05) is 24.3 Å². The van der Waals surface area contributed by atoms with Gasteiger partial charge in [-0.1, -0.05) is 26.0 Å². The Labute approximate surface area is 106 Å². The summed E-state index contributed by atoms with van der Waals surface area (Å²) in [5, 5.41) is 11.6. The number of carbonyl (C=O) groups excluding carboxylic acids is 1. The highest BCUT2D eigenvalue weighted by Gasteiger charge is 2.48. The summed E-state index contributed by atoms with van der Waals surface area (Å²) in [5.41, 5.74) is 1.89. The smallest absolute Gasteiger partial charge is 0.307 e. The molecular formula is C14H17NO3. The minimum atomic E-state index is -0.883. The zero-order valence-electron chi connectivity index (χ0n) is 10.5. The third-order valence-corrected chi connectivity index (χ3v) is 3.27. The number of nitrogens with one attached hydrogen (secondary N) is 1. The van der Waals surface area contributed by atoms with Crippen LogP contribution in [0.2, 0.25) is 0 Å². The number of rotatable bonds is 4. The van der Waals surface area contributed by atoms with E-state index in [2.05, 4.69) is 19.2 Å². The Kier molecular flexibility index (Phi) is 3.36. The van der Waals surface area contributed by atoms with E-state index in [9.17, 15) is 9.59 Å². The molecule has 0 bridgehead atoms. The Bertz CT molecular complexity index is 482. The van der Waals surface area contributed by atoms with Crippen molar-refractivity contribution in [3.63, 3.8) is 0 Å². The molecule has 1 aromatic rings. The highest BCUT2D eigenvalue weighted by atomic mass is 16.4. The molecule has 4 heteroatoms. The third-order valence-electron chi connectivity index (χ3n) is 3.27. The van der Waals surface area contributed by atoms with E-state index < -0.39 is 11.9 Å². The second-order valence-corrected chi connectivity index (χ2v) is 5.06. The van der Waals surface area contributed by atoms with E-state index in [0.29, 0.717) is 12.3 Å². The molecule has 4 nitrogen and oxygen atoms in total. The standard InChI is InChI=1S/C14H17NO3/c1-8(2)9-4-3-5-10(6-9)15-13(16)11-7-12(11)14(17)18/h3-6,8,11-12H,7H2,1-2H3,(H,15,16)(H,17,18). The van der Waals surface area contributed by atoms with Crippen LogP contribution in [0, 0.1) is 11.8 Å². The lowest BCUT2D eigenvalue weighted by atomic mass is 10.0. The summed E-state index contributed by atoms with van der Waals surface area (Å²) in [5.74, 6) is -1.55. The Balaban J connectivity index is 2.00. The number of amides is 1. The molecule has 1 fully saturated rings. The number of hydrogen-bond acceptors (Lipinski definition) is 2. The first-order chi connectivity index (χ1) is 8.49. The van der Waals surface area contributed by atoms with Gasteiger partial charge in [0.1, 0.15) is 0 Å². The average molecular weight is 247 g/mol. The fourth-order valence-electron chi connectivity index (χ4n) is 1.97. The lowest BCUT2D eigenvalue weighted by Gasteiger charge is -2.09. The number of aliphatic carboxylic acids is 1. The first-order valence-corrected chi connectivity index (χ1v) is 6.12. The topological polar surface area (TPSA) is 66.4 Å². The van der Waals surface area contributed by atoms with Gasteiger partial charge in [-0.3, -0.25) is 9.59 Å². The summed E-state index contributed by atoms with van der Waals surface area (Å²) in [4.78, 5) is 22.5. The fraction of sp³-hybridized carbons (Fsp3) is 0.429. The molecule has 2 rings (SSSR count). The summed E-state index contributed by atoms with van der Waals surface area (Å²) in [6.07, 6.45) is 0.449. The van der Waals surface area contributed by atoms with Crippen LogP contribution in [0.1, 0.15) is 31.7 Å². The highest BCUT2D eigenvalue weighted by molar-refractivity contribution is 5.98. The molecule has 1 aromatic carbocycles. The van der Waals surface area contributed by atoms with Crippen LogP contribution in [-0.2, 0) is 9.59 Å². The Morgan fingerprint density at radius 2 is 2.06 bits per heavy atom. The molecule has 2 atom stereocenters. The zero-order chi connectivity index (χ0) is 13.3. The van der Waals surface area contributed by atoms with E-state index in [4.69, 9.17) is 5.11 Å². The monoisotopic (exact) mass is 247 g/mol. The maximum absolute atomic E-state index is 11.8. The van der Waals surface area contributed by atoms with Crippen molar-refractivity contribution in [2.24, 2.45) is 11.8 Å². The number of hydrogen-bond donors (Lipinski definition) is 2. The molecule has 0 heterocycles. The van der Waals surface area contributed by atoms with Gasteiger partial charge in [0.25, 0.3) is 0 Å². The number of anilines is 1. The summed E-state index contributed by atoms with van der Waals surface area (Å²) < 4.78 is 0. The highest BCUT2D eigenvalue weighted by Crippen LogP contribution is 2.39. The van der Waals surface area contributed by atoms with E-state index in [1.54, 1.807) is 0 Å². The van der Waals surface area contributed by atoms with Crippen molar-refractivity contribution in [1.82, 2.24) is 0 Å². The first-order valence-electron chi connectivity index (χ1n) is 6.12. The molecule has 0 aromatic heterocycles. The normalized spacial score (nSPS) is 21.7. The molecule has 18 heavy (non-hydrogen) atoms. The Morgan fingerprint density at radius 1 is 1.33 bits per heavy atom. The Hall–Kier alpha value is -1.84. The van der Waals surface area contributed by atoms with Gasteiger partial charge in [0.15, 0.2) is 0 Å². The van der Waals surface area contributed by atoms with Crippen molar-refractivity contribution < 1.29 is 14.7 Å². The van der Waals surface area contributed by atoms with Gasteiger partial charge in [-0.15, -0.1) is 0 Å². The first kappa shape index (κ1) is 12.6. The maximum Gasteiger partial charge on any atom is 0.307 e. The zero-order valence-corrected chi connectivity index (χ0v) is 10.5. The van der Waals surface area contributed by atoms with Crippen LogP contribution in [0.25, 0.3) is 0 Å². The average Bonchev–Trinajstić information content (AvgIpc) is 3.09. The van der Waals surface area contributed by atoms with Gasteiger partial charge in [-0.25, -0.2) is 0 Å².